The average molecular weight is 225 g/mol. The maximum atomic E-state index is 5.86. The van der Waals surface area contributed by atoms with Crippen molar-refractivity contribution in [3.8, 4) is 11.8 Å². The van der Waals surface area contributed by atoms with Crippen LogP contribution in [0.5, 0.6) is 11.8 Å². The van der Waals surface area contributed by atoms with Crippen LogP contribution in [0.2, 0.25) is 0 Å². The van der Waals surface area contributed by atoms with Crippen LogP contribution in [-0.2, 0) is 0 Å². The van der Waals surface area contributed by atoms with Crippen LogP contribution >= 0.6 is 0 Å². The molecule has 0 saturated carbocycles. The lowest BCUT2D eigenvalue weighted by Crippen LogP contribution is -2.24. The molecule has 0 unspecified atom stereocenters. The topological polar surface area (TPSA) is 70.3 Å². The molecule has 0 amide bonds. The van der Waals surface area contributed by atoms with Gasteiger partial charge in [0.2, 0.25) is 11.8 Å². The van der Waals surface area contributed by atoms with Gasteiger partial charge in [-0.1, -0.05) is 6.92 Å². The van der Waals surface area contributed by atoms with Gasteiger partial charge in [-0.25, -0.2) is 0 Å². The Labute approximate surface area is 96.0 Å². The molecular formula is C11H19N3O2. The number of nitrogen functional groups attached to an aromatic ring is 1. The van der Waals surface area contributed by atoms with E-state index in [2.05, 4.69) is 9.97 Å². The number of aromatic nitrogens is 2. The van der Waals surface area contributed by atoms with Crippen molar-refractivity contribution in [2.75, 3.05) is 12.3 Å². The zero-order valence-corrected chi connectivity index (χ0v) is 10.3. The standard InChI is InChI=1S/C11H19N3O2/c1-5-6-15-9-8(12)10(14-7-13-9)16-11(2,3)4/h7H,5-6,12H2,1-4H3. The van der Waals surface area contributed by atoms with Gasteiger partial charge in [-0.3, -0.25) is 0 Å². The Balaban J connectivity index is 2.86. The summed E-state index contributed by atoms with van der Waals surface area (Å²) in [6.45, 7) is 8.39. The fraction of sp³-hybridized carbons (Fsp3) is 0.636. The first-order valence-electron chi connectivity index (χ1n) is 5.36. The lowest BCUT2D eigenvalue weighted by molar-refractivity contribution is 0.124. The Bertz CT molecular complexity index is 348. The number of nitrogens with two attached hydrogens (primary N) is 1. The third-order valence-corrected chi connectivity index (χ3v) is 1.66. The van der Waals surface area contributed by atoms with Gasteiger partial charge in [0.1, 0.15) is 11.9 Å². The highest BCUT2D eigenvalue weighted by Gasteiger charge is 2.17. The van der Waals surface area contributed by atoms with E-state index < -0.39 is 0 Å². The predicted octanol–water partition coefficient (Wildman–Crippen LogP) is 2.02. The van der Waals surface area contributed by atoms with Crippen molar-refractivity contribution in [3.05, 3.63) is 6.33 Å². The minimum atomic E-state index is -0.343. The molecule has 0 radical (unpaired) electrons. The molecule has 0 atom stereocenters. The lowest BCUT2D eigenvalue weighted by Gasteiger charge is -2.21. The first kappa shape index (κ1) is 12.5. The number of nitrogens with zero attached hydrogens (tertiary/aromatic N) is 2. The van der Waals surface area contributed by atoms with Gasteiger partial charge >= 0.3 is 0 Å². The molecule has 0 aliphatic carbocycles. The third-order valence-electron chi connectivity index (χ3n) is 1.66. The zero-order chi connectivity index (χ0) is 12.2. The van der Waals surface area contributed by atoms with Crippen molar-refractivity contribution in [1.29, 1.82) is 0 Å². The number of hydrogen-bond acceptors (Lipinski definition) is 5. The van der Waals surface area contributed by atoms with E-state index in [4.69, 9.17) is 15.2 Å². The maximum absolute atomic E-state index is 5.86. The van der Waals surface area contributed by atoms with E-state index in [0.717, 1.165) is 6.42 Å². The molecule has 0 fully saturated rings. The van der Waals surface area contributed by atoms with Gasteiger partial charge < -0.3 is 15.2 Å². The fourth-order valence-corrected chi connectivity index (χ4v) is 1.05. The van der Waals surface area contributed by atoms with Crippen LogP contribution < -0.4 is 15.2 Å². The maximum Gasteiger partial charge on any atom is 0.244 e. The van der Waals surface area contributed by atoms with Crippen LogP contribution in [0.4, 0.5) is 5.69 Å². The lowest BCUT2D eigenvalue weighted by atomic mass is 10.2. The summed E-state index contributed by atoms with van der Waals surface area (Å²) in [5, 5.41) is 0. The van der Waals surface area contributed by atoms with E-state index in [-0.39, 0.29) is 5.60 Å². The molecule has 0 aromatic carbocycles. The first-order chi connectivity index (χ1) is 7.44. The number of hydrogen-bond donors (Lipinski definition) is 1. The second-order valence-corrected chi connectivity index (χ2v) is 4.46. The number of rotatable bonds is 4. The summed E-state index contributed by atoms with van der Waals surface area (Å²) in [5.74, 6) is 0.754. The molecule has 0 saturated heterocycles. The summed E-state index contributed by atoms with van der Waals surface area (Å²) < 4.78 is 11.0. The summed E-state index contributed by atoms with van der Waals surface area (Å²) in [4.78, 5) is 7.96. The van der Waals surface area contributed by atoms with Crippen molar-refractivity contribution in [1.82, 2.24) is 9.97 Å². The van der Waals surface area contributed by atoms with Crippen molar-refractivity contribution in [3.63, 3.8) is 0 Å². The van der Waals surface area contributed by atoms with Gasteiger partial charge in [-0.05, 0) is 27.2 Å². The molecule has 1 aromatic rings. The van der Waals surface area contributed by atoms with E-state index in [1.807, 2.05) is 27.7 Å². The van der Waals surface area contributed by atoms with E-state index in [9.17, 15) is 0 Å². The van der Waals surface area contributed by atoms with Crippen LogP contribution in [0.15, 0.2) is 6.33 Å². The van der Waals surface area contributed by atoms with Crippen LogP contribution in [0, 0.1) is 0 Å². The second kappa shape index (κ2) is 5.01. The summed E-state index contributed by atoms with van der Waals surface area (Å²) in [7, 11) is 0. The van der Waals surface area contributed by atoms with Crippen LogP contribution in [-0.4, -0.2) is 22.2 Å². The zero-order valence-electron chi connectivity index (χ0n) is 10.3. The number of anilines is 1. The Kier molecular flexibility index (Phi) is 3.93. The van der Waals surface area contributed by atoms with Gasteiger partial charge in [0.25, 0.3) is 0 Å². The molecular weight excluding hydrogens is 206 g/mol. The van der Waals surface area contributed by atoms with E-state index in [1.165, 1.54) is 6.33 Å². The summed E-state index contributed by atoms with van der Waals surface area (Å²) in [6, 6.07) is 0. The first-order valence-corrected chi connectivity index (χ1v) is 5.36. The van der Waals surface area contributed by atoms with Gasteiger partial charge in [0, 0.05) is 0 Å². The number of ether oxygens (including phenoxy) is 2. The summed E-state index contributed by atoms with van der Waals surface area (Å²) in [5.41, 5.74) is 5.87. The van der Waals surface area contributed by atoms with Crippen molar-refractivity contribution in [2.45, 2.75) is 39.7 Å². The SMILES string of the molecule is CCCOc1ncnc(OC(C)(C)C)c1N. The largest absolute Gasteiger partial charge is 0.476 e. The van der Waals surface area contributed by atoms with Gasteiger partial charge in [0.15, 0.2) is 5.69 Å². The molecule has 0 bridgehead atoms. The monoisotopic (exact) mass is 225 g/mol. The Morgan fingerprint density at radius 2 is 1.88 bits per heavy atom. The third kappa shape index (κ3) is 3.56. The Morgan fingerprint density at radius 1 is 1.25 bits per heavy atom. The quantitative estimate of drug-likeness (QED) is 0.848. The Hall–Kier alpha value is -1.52. The van der Waals surface area contributed by atoms with Crippen molar-refractivity contribution < 1.29 is 9.47 Å². The normalized spacial score (nSPS) is 11.2. The van der Waals surface area contributed by atoms with Crippen molar-refractivity contribution >= 4 is 5.69 Å². The molecule has 1 rings (SSSR count). The van der Waals surface area contributed by atoms with Crippen molar-refractivity contribution in [2.24, 2.45) is 0 Å². The molecule has 90 valence electrons. The average Bonchev–Trinajstić information content (AvgIpc) is 2.17. The molecule has 1 aromatic heterocycles. The van der Waals surface area contributed by atoms with Crippen LogP contribution in [0.25, 0.3) is 0 Å². The molecule has 5 nitrogen and oxygen atoms in total. The molecule has 1 heterocycles. The molecule has 16 heavy (non-hydrogen) atoms. The summed E-state index contributed by atoms with van der Waals surface area (Å²) in [6.07, 6.45) is 2.29. The second-order valence-electron chi connectivity index (χ2n) is 4.46. The minimum absolute atomic E-state index is 0.343. The molecule has 5 heteroatoms. The molecule has 0 spiro atoms. The van der Waals surface area contributed by atoms with Crippen LogP contribution in [0.3, 0.4) is 0 Å². The highest BCUT2D eigenvalue weighted by molar-refractivity contribution is 5.55. The van der Waals surface area contributed by atoms with E-state index in [0.29, 0.717) is 24.1 Å². The van der Waals surface area contributed by atoms with E-state index in [1.54, 1.807) is 0 Å². The summed E-state index contributed by atoms with van der Waals surface area (Å²) >= 11 is 0. The van der Waals surface area contributed by atoms with Gasteiger partial charge in [-0.15, -0.1) is 0 Å². The highest BCUT2D eigenvalue weighted by atomic mass is 16.5. The smallest absolute Gasteiger partial charge is 0.244 e. The molecule has 0 aliphatic rings. The molecule has 0 aliphatic heterocycles. The van der Waals surface area contributed by atoms with E-state index >= 15 is 0 Å². The molecule has 2 N–H and O–H groups in total. The van der Waals surface area contributed by atoms with Crippen LogP contribution in [0.1, 0.15) is 34.1 Å². The van der Waals surface area contributed by atoms with Gasteiger partial charge in [0.05, 0.1) is 6.61 Å². The highest BCUT2D eigenvalue weighted by Crippen LogP contribution is 2.29. The Morgan fingerprint density at radius 3 is 2.44 bits per heavy atom. The fourth-order valence-electron chi connectivity index (χ4n) is 1.05. The predicted molar refractivity (Wildman–Crippen MR) is 62.6 cm³/mol. The van der Waals surface area contributed by atoms with Gasteiger partial charge in [-0.2, -0.15) is 9.97 Å². The minimum Gasteiger partial charge on any atom is -0.476 e.